The van der Waals surface area contributed by atoms with Crippen molar-refractivity contribution in [3.63, 3.8) is 0 Å². The number of pyridine rings is 1. The first kappa shape index (κ1) is 11.2. The predicted octanol–water partition coefficient (Wildman–Crippen LogP) is 2.50. The lowest BCUT2D eigenvalue weighted by molar-refractivity contribution is -0.115. The van der Waals surface area contributed by atoms with E-state index in [2.05, 4.69) is 26.2 Å². The number of carbonyl (C=O) groups is 1. The van der Waals surface area contributed by atoms with Gasteiger partial charge in [-0.1, -0.05) is 28.9 Å². The van der Waals surface area contributed by atoms with Gasteiger partial charge < -0.3 is 5.32 Å². The fourth-order valence-electron chi connectivity index (χ4n) is 0.997. The number of aryl methyl sites for hydroxylation is 1. The minimum Gasteiger partial charge on any atom is -0.310 e. The van der Waals surface area contributed by atoms with Crippen molar-refractivity contribution in [2.75, 3.05) is 5.32 Å². The van der Waals surface area contributed by atoms with E-state index in [1.807, 2.05) is 26.0 Å². The first-order valence-electron chi connectivity index (χ1n) is 4.51. The fraction of sp³-hybridized carbons (Fsp3) is 0.400. The van der Waals surface area contributed by atoms with E-state index in [4.69, 9.17) is 0 Å². The van der Waals surface area contributed by atoms with Gasteiger partial charge in [0.2, 0.25) is 5.91 Å². The van der Waals surface area contributed by atoms with E-state index >= 15 is 0 Å². The monoisotopic (exact) mass is 256 g/mol. The highest BCUT2D eigenvalue weighted by Crippen LogP contribution is 2.12. The summed E-state index contributed by atoms with van der Waals surface area (Å²) in [5, 5.41) is 2.76. The number of hydrogen-bond acceptors (Lipinski definition) is 2. The van der Waals surface area contributed by atoms with Gasteiger partial charge in [0.1, 0.15) is 5.82 Å². The second-order valence-corrected chi connectivity index (χ2v) is 4.14. The molecule has 3 nitrogen and oxygen atoms in total. The molecule has 1 heterocycles. The number of carbonyl (C=O) groups excluding carboxylic acids is 1. The van der Waals surface area contributed by atoms with Gasteiger partial charge in [0.15, 0.2) is 0 Å². The van der Waals surface area contributed by atoms with Crippen LogP contribution in [-0.2, 0) is 4.79 Å². The zero-order valence-electron chi connectivity index (χ0n) is 8.25. The highest BCUT2D eigenvalue weighted by molar-refractivity contribution is 9.10. The van der Waals surface area contributed by atoms with Gasteiger partial charge >= 0.3 is 0 Å². The van der Waals surface area contributed by atoms with Crippen LogP contribution >= 0.6 is 15.9 Å². The zero-order chi connectivity index (χ0) is 10.6. The van der Waals surface area contributed by atoms with Crippen molar-refractivity contribution in [3.05, 3.63) is 23.9 Å². The van der Waals surface area contributed by atoms with Crippen LogP contribution in [0.2, 0.25) is 0 Å². The summed E-state index contributed by atoms with van der Waals surface area (Å²) in [6.45, 7) is 3.86. The summed E-state index contributed by atoms with van der Waals surface area (Å²) in [4.78, 5) is 15.4. The first-order chi connectivity index (χ1) is 6.65. The van der Waals surface area contributed by atoms with Crippen molar-refractivity contribution < 1.29 is 4.79 Å². The third kappa shape index (κ3) is 2.80. The Bertz CT molecular complexity index is 328. The average molecular weight is 257 g/mol. The molecule has 1 amide bonds. The number of aromatic nitrogens is 1. The fourth-order valence-corrected chi connectivity index (χ4v) is 1.11. The van der Waals surface area contributed by atoms with Gasteiger partial charge in [-0.2, -0.15) is 0 Å². The summed E-state index contributed by atoms with van der Waals surface area (Å²) in [6.07, 6.45) is 2.43. The van der Waals surface area contributed by atoms with Crippen LogP contribution in [0.1, 0.15) is 18.9 Å². The topological polar surface area (TPSA) is 42.0 Å². The lowest BCUT2D eigenvalue weighted by Crippen LogP contribution is -2.23. The molecular formula is C10H13BrN2O. The van der Waals surface area contributed by atoms with Crippen LogP contribution in [0.4, 0.5) is 5.82 Å². The molecular weight excluding hydrogens is 244 g/mol. The number of hydrogen-bond donors (Lipinski definition) is 1. The normalized spacial score (nSPS) is 12.2. The molecule has 76 valence electrons. The van der Waals surface area contributed by atoms with Crippen LogP contribution in [0.15, 0.2) is 18.3 Å². The molecule has 0 spiro atoms. The van der Waals surface area contributed by atoms with E-state index in [9.17, 15) is 4.79 Å². The first-order valence-corrected chi connectivity index (χ1v) is 5.43. The van der Waals surface area contributed by atoms with Crippen molar-refractivity contribution in [2.24, 2.45) is 0 Å². The Kier molecular flexibility index (Phi) is 4.07. The van der Waals surface area contributed by atoms with E-state index in [-0.39, 0.29) is 10.7 Å². The summed E-state index contributed by atoms with van der Waals surface area (Å²) in [6, 6.07) is 3.76. The van der Waals surface area contributed by atoms with E-state index in [1.54, 1.807) is 6.20 Å². The second-order valence-electron chi connectivity index (χ2n) is 3.03. The van der Waals surface area contributed by atoms with Crippen LogP contribution < -0.4 is 5.32 Å². The van der Waals surface area contributed by atoms with Gasteiger partial charge in [-0.05, 0) is 25.0 Å². The number of nitrogens with zero attached hydrogens (tertiary/aromatic N) is 1. The van der Waals surface area contributed by atoms with Crippen molar-refractivity contribution in [1.82, 2.24) is 4.98 Å². The minimum atomic E-state index is -0.149. The van der Waals surface area contributed by atoms with Gasteiger partial charge in [-0.25, -0.2) is 4.98 Å². The van der Waals surface area contributed by atoms with E-state index in [1.165, 1.54) is 0 Å². The highest BCUT2D eigenvalue weighted by atomic mass is 79.9. The molecule has 0 saturated heterocycles. The summed E-state index contributed by atoms with van der Waals surface area (Å²) < 4.78 is 0. The molecule has 1 aromatic heterocycles. The lowest BCUT2D eigenvalue weighted by Gasteiger charge is -2.09. The third-order valence-corrected chi connectivity index (χ3v) is 2.96. The number of amides is 1. The summed E-state index contributed by atoms with van der Waals surface area (Å²) in [5.41, 5.74) is 0.969. The molecule has 0 aliphatic heterocycles. The Morgan fingerprint density at radius 1 is 1.71 bits per heavy atom. The van der Waals surface area contributed by atoms with Crippen LogP contribution in [0.5, 0.6) is 0 Å². The molecule has 0 radical (unpaired) electrons. The van der Waals surface area contributed by atoms with Gasteiger partial charge in [0.05, 0.1) is 4.83 Å². The molecule has 0 aliphatic carbocycles. The summed E-state index contributed by atoms with van der Waals surface area (Å²) >= 11 is 3.28. The number of anilines is 1. The maximum Gasteiger partial charge on any atom is 0.239 e. The molecule has 1 aromatic rings. The largest absolute Gasteiger partial charge is 0.310 e. The molecule has 1 N–H and O–H groups in total. The maximum atomic E-state index is 11.5. The van der Waals surface area contributed by atoms with Gasteiger partial charge in [0, 0.05) is 6.20 Å². The molecule has 0 aromatic carbocycles. The highest BCUT2D eigenvalue weighted by Gasteiger charge is 2.13. The molecule has 14 heavy (non-hydrogen) atoms. The van der Waals surface area contributed by atoms with Crippen molar-refractivity contribution >= 4 is 27.7 Å². The van der Waals surface area contributed by atoms with Crippen LogP contribution in [0.25, 0.3) is 0 Å². The molecule has 4 heteroatoms. The Hall–Kier alpha value is -0.900. The Morgan fingerprint density at radius 3 is 3.00 bits per heavy atom. The number of alkyl halides is 1. The van der Waals surface area contributed by atoms with Gasteiger partial charge in [-0.15, -0.1) is 0 Å². The SMILES string of the molecule is CCC(Br)C(=O)Nc1ncccc1C. The van der Waals surface area contributed by atoms with E-state index in [0.29, 0.717) is 5.82 Å². The number of nitrogens with one attached hydrogen (secondary N) is 1. The number of halogens is 1. The summed E-state index contributed by atoms with van der Waals surface area (Å²) in [5.74, 6) is 0.588. The minimum absolute atomic E-state index is 0.0469. The van der Waals surface area contributed by atoms with Crippen LogP contribution in [0, 0.1) is 6.92 Å². The van der Waals surface area contributed by atoms with Crippen LogP contribution in [0.3, 0.4) is 0 Å². The quantitative estimate of drug-likeness (QED) is 0.845. The molecule has 1 rings (SSSR count). The van der Waals surface area contributed by atoms with Gasteiger partial charge in [0.25, 0.3) is 0 Å². The zero-order valence-corrected chi connectivity index (χ0v) is 9.84. The van der Waals surface area contributed by atoms with E-state index in [0.717, 1.165) is 12.0 Å². The third-order valence-electron chi connectivity index (χ3n) is 1.89. The average Bonchev–Trinajstić information content (AvgIpc) is 2.20. The van der Waals surface area contributed by atoms with Crippen molar-refractivity contribution in [3.8, 4) is 0 Å². The lowest BCUT2D eigenvalue weighted by atomic mass is 10.2. The smallest absolute Gasteiger partial charge is 0.239 e. The van der Waals surface area contributed by atoms with Gasteiger partial charge in [-0.3, -0.25) is 4.79 Å². The second kappa shape index (κ2) is 5.10. The molecule has 0 bridgehead atoms. The summed E-state index contributed by atoms with van der Waals surface area (Å²) in [7, 11) is 0. The molecule has 0 aliphatic rings. The molecule has 0 fully saturated rings. The van der Waals surface area contributed by atoms with E-state index < -0.39 is 0 Å². The Labute approximate surface area is 92.1 Å². The van der Waals surface area contributed by atoms with Crippen LogP contribution in [-0.4, -0.2) is 15.7 Å². The van der Waals surface area contributed by atoms with Crippen molar-refractivity contribution in [1.29, 1.82) is 0 Å². The van der Waals surface area contributed by atoms with Crippen molar-refractivity contribution in [2.45, 2.75) is 25.1 Å². The molecule has 1 atom stereocenters. The Morgan fingerprint density at radius 2 is 2.43 bits per heavy atom. The Balaban J connectivity index is 2.70. The predicted molar refractivity (Wildman–Crippen MR) is 60.6 cm³/mol. The molecule has 1 unspecified atom stereocenters. The number of rotatable bonds is 3. The standard InChI is InChI=1S/C10H13BrN2O/c1-3-8(11)10(14)13-9-7(2)5-4-6-12-9/h4-6,8H,3H2,1-2H3,(H,12,13,14). The molecule has 0 saturated carbocycles. The maximum absolute atomic E-state index is 11.5.